The van der Waals surface area contributed by atoms with Gasteiger partial charge in [-0.3, -0.25) is 0 Å². The number of ether oxygens (including phenoxy) is 2. The third kappa shape index (κ3) is 6.68. The smallest absolute Gasteiger partial charge is 0.227 e. The largest absolute Gasteiger partial charge is 0.366 e. The molecule has 0 spiro atoms. The maximum atomic E-state index is 6.31. The van der Waals surface area contributed by atoms with Crippen molar-refractivity contribution in [3.05, 3.63) is 45.6 Å². The number of aryl methyl sites for hydroxylation is 1. The fourth-order valence-electron chi connectivity index (χ4n) is 3.34. The highest BCUT2D eigenvalue weighted by Gasteiger charge is 2.16. The molecule has 1 aromatic heterocycles. The first-order chi connectivity index (χ1) is 14.6. The molecule has 3 rings (SSSR count). The molecule has 2 heterocycles. The lowest BCUT2D eigenvalue weighted by Crippen LogP contribution is -2.44. The Kier molecular flexibility index (Phi) is 8.96. The van der Waals surface area contributed by atoms with E-state index in [-0.39, 0.29) is 6.29 Å². The Balaban J connectivity index is 1.72. The van der Waals surface area contributed by atoms with Gasteiger partial charge in [-0.2, -0.15) is 4.98 Å². The number of rotatable bonds is 10. The van der Waals surface area contributed by atoms with Gasteiger partial charge in [-0.05, 0) is 37.0 Å². The Hall–Kier alpha value is -1.64. The number of hydrogen-bond acceptors (Lipinski definition) is 7. The van der Waals surface area contributed by atoms with Crippen LogP contribution >= 0.6 is 23.2 Å². The van der Waals surface area contributed by atoms with Gasteiger partial charge in [0.05, 0.1) is 0 Å². The summed E-state index contributed by atoms with van der Waals surface area (Å²) < 4.78 is 10.6. The van der Waals surface area contributed by atoms with Crippen LogP contribution in [0.1, 0.15) is 24.1 Å². The average Bonchev–Trinajstić information content (AvgIpc) is 2.77. The molecular weight excluding hydrogens is 425 g/mol. The molecule has 0 aliphatic carbocycles. The average molecular weight is 454 g/mol. The Morgan fingerprint density at radius 1 is 1.13 bits per heavy atom. The molecule has 0 saturated carbocycles. The molecule has 0 atom stereocenters. The zero-order valence-electron chi connectivity index (χ0n) is 17.5. The van der Waals surface area contributed by atoms with Gasteiger partial charge in [0.15, 0.2) is 6.29 Å². The van der Waals surface area contributed by atoms with Crippen molar-refractivity contribution >= 4 is 35.0 Å². The molecule has 0 bridgehead atoms. The molecule has 1 aromatic carbocycles. The monoisotopic (exact) mass is 453 g/mol. The number of piperazine rings is 1. The molecule has 1 saturated heterocycles. The van der Waals surface area contributed by atoms with Crippen LogP contribution in [0.25, 0.3) is 0 Å². The number of halogens is 2. The van der Waals surface area contributed by atoms with Crippen molar-refractivity contribution in [2.45, 2.75) is 32.1 Å². The molecule has 1 fully saturated rings. The molecule has 2 N–H and O–H groups in total. The van der Waals surface area contributed by atoms with Crippen LogP contribution in [0.15, 0.2) is 24.3 Å². The van der Waals surface area contributed by atoms with Gasteiger partial charge in [0.25, 0.3) is 0 Å². The lowest BCUT2D eigenvalue weighted by Gasteiger charge is -2.28. The van der Waals surface area contributed by atoms with Crippen molar-refractivity contribution in [2.24, 2.45) is 0 Å². The van der Waals surface area contributed by atoms with Gasteiger partial charge in [0, 0.05) is 68.7 Å². The maximum absolute atomic E-state index is 6.31. The first kappa shape index (κ1) is 23.0. The SMILES string of the molecule is COC(CCCc1cc(NCc2ccc(Cl)cc2Cl)nc(N2CCNCC2)n1)OC. The standard InChI is InChI=1S/C21H29Cl2N5O2/c1-29-20(30-2)5-3-4-17-13-19(25-14-15-6-7-16(22)12-18(15)23)27-21(26-17)28-10-8-24-9-11-28/h6-7,12-13,20,24H,3-5,8-11,14H2,1-2H3,(H,25,26,27). The summed E-state index contributed by atoms with van der Waals surface area (Å²) in [4.78, 5) is 11.8. The van der Waals surface area contributed by atoms with Crippen molar-refractivity contribution in [1.82, 2.24) is 15.3 Å². The zero-order chi connectivity index (χ0) is 21.3. The van der Waals surface area contributed by atoms with Crippen LogP contribution in [0.5, 0.6) is 0 Å². The summed E-state index contributed by atoms with van der Waals surface area (Å²) in [6.07, 6.45) is 2.35. The quantitative estimate of drug-likeness (QED) is 0.530. The lowest BCUT2D eigenvalue weighted by atomic mass is 10.1. The number of nitrogens with one attached hydrogen (secondary N) is 2. The van der Waals surface area contributed by atoms with E-state index < -0.39 is 0 Å². The number of anilines is 2. The van der Waals surface area contributed by atoms with Crippen LogP contribution < -0.4 is 15.5 Å². The van der Waals surface area contributed by atoms with Crippen LogP contribution in [0.2, 0.25) is 10.0 Å². The second-order valence-electron chi connectivity index (χ2n) is 7.16. The Labute approximate surface area is 188 Å². The van der Waals surface area contributed by atoms with E-state index in [0.29, 0.717) is 16.6 Å². The zero-order valence-corrected chi connectivity index (χ0v) is 19.0. The number of hydrogen-bond donors (Lipinski definition) is 2. The second kappa shape index (κ2) is 11.7. The van der Waals surface area contributed by atoms with Gasteiger partial charge < -0.3 is 25.0 Å². The lowest BCUT2D eigenvalue weighted by molar-refractivity contribution is -0.106. The predicted octanol–water partition coefficient (Wildman–Crippen LogP) is 3.75. The first-order valence-electron chi connectivity index (χ1n) is 10.2. The van der Waals surface area contributed by atoms with E-state index in [1.165, 1.54) is 0 Å². The van der Waals surface area contributed by atoms with Gasteiger partial charge in [0.1, 0.15) is 5.82 Å². The molecule has 0 radical (unpaired) electrons. The fraction of sp³-hybridized carbons (Fsp3) is 0.524. The number of benzene rings is 1. The van der Waals surface area contributed by atoms with Crippen LogP contribution in [-0.4, -0.2) is 56.7 Å². The van der Waals surface area contributed by atoms with Gasteiger partial charge in [-0.15, -0.1) is 0 Å². The van der Waals surface area contributed by atoms with Crippen LogP contribution in [0.4, 0.5) is 11.8 Å². The fourth-order valence-corrected chi connectivity index (χ4v) is 3.82. The van der Waals surface area contributed by atoms with E-state index in [4.69, 9.17) is 42.6 Å². The first-order valence-corrected chi connectivity index (χ1v) is 10.9. The predicted molar refractivity (Wildman–Crippen MR) is 122 cm³/mol. The normalized spacial score (nSPS) is 14.4. The van der Waals surface area contributed by atoms with Gasteiger partial charge in [0.2, 0.25) is 5.95 Å². The summed E-state index contributed by atoms with van der Waals surface area (Å²) in [5, 5.41) is 8.02. The van der Waals surface area contributed by atoms with Crippen LogP contribution in [0, 0.1) is 0 Å². The summed E-state index contributed by atoms with van der Waals surface area (Å²) in [5.41, 5.74) is 1.96. The summed E-state index contributed by atoms with van der Waals surface area (Å²) in [7, 11) is 3.32. The van der Waals surface area contributed by atoms with E-state index in [1.807, 2.05) is 18.2 Å². The molecule has 0 unspecified atom stereocenters. The van der Waals surface area contributed by atoms with Crippen molar-refractivity contribution in [1.29, 1.82) is 0 Å². The van der Waals surface area contributed by atoms with Gasteiger partial charge >= 0.3 is 0 Å². The summed E-state index contributed by atoms with van der Waals surface area (Å²) in [5.74, 6) is 1.54. The van der Waals surface area contributed by atoms with Crippen LogP contribution in [-0.2, 0) is 22.4 Å². The minimum Gasteiger partial charge on any atom is -0.366 e. The molecule has 1 aliphatic rings. The highest BCUT2D eigenvalue weighted by molar-refractivity contribution is 6.35. The van der Waals surface area contributed by atoms with E-state index in [1.54, 1.807) is 20.3 Å². The molecule has 0 amide bonds. The summed E-state index contributed by atoms with van der Waals surface area (Å²) in [6.45, 7) is 4.20. The molecule has 9 heteroatoms. The molecule has 2 aromatic rings. The Bertz CT molecular complexity index is 814. The highest BCUT2D eigenvalue weighted by atomic mass is 35.5. The number of nitrogens with zero attached hydrogens (tertiary/aromatic N) is 3. The Morgan fingerprint density at radius 3 is 2.60 bits per heavy atom. The molecule has 164 valence electrons. The minimum absolute atomic E-state index is 0.191. The summed E-state index contributed by atoms with van der Waals surface area (Å²) in [6, 6.07) is 7.51. The molecule has 30 heavy (non-hydrogen) atoms. The molecular formula is C21H29Cl2N5O2. The topological polar surface area (TPSA) is 71.5 Å². The Morgan fingerprint density at radius 2 is 1.90 bits per heavy atom. The van der Waals surface area contributed by atoms with Crippen molar-refractivity contribution < 1.29 is 9.47 Å². The van der Waals surface area contributed by atoms with Crippen molar-refractivity contribution in [2.75, 3.05) is 50.6 Å². The van der Waals surface area contributed by atoms with E-state index in [2.05, 4.69) is 15.5 Å². The number of methoxy groups -OCH3 is 2. The minimum atomic E-state index is -0.191. The van der Waals surface area contributed by atoms with Gasteiger partial charge in [-0.1, -0.05) is 29.3 Å². The second-order valence-corrected chi connectivity index (χ2v) is 8.01. The number of aromatic nitrogens is 2. The van der Waals surface area contributed by atoms with E-state index in [9.17, 15) is 0 Å². The third-order valence-electron chi connectivity index (χ3n) is 5.04. The molecule has 7 nitrogen and oxygen atoms in total. The van der Waals surface area contributed by atoms with E-state index >= 15 is 0 Å². The van der Waals surface area contributed by atoms with Crippen molar-refractivity contribution in [3.63, 3.8) is 0 Å². The van der Waals surface area contributed by atoms with Crippen LogP contribution in [0.3, 0.4) is 0 Å². The maximum Gasteiger partial charge on any atom is 0.227 e. The van der Waals surface area contributed by atoms with E-state index in [0.717, 1.165) is 68.5 Å². The van der Waals surface area contributed by atoms with Gasteiger partial charge in [-0.25, -0.2) is 4.98 Å². The van der Waals surface area contributed by atoms with Crippen molar-refractivity contribution in [3.8, 4) is 0 Å². The third-order valence-corrected chi connectivity index (χ3v) is 5.63. The molecule has 1 aliphatic heterocycles. The highest BCUT2D eigenvalue weighted by Crippen LogP contribution is 2.23. The summed E-state index contributed by atoms with van der Waals surface area (Å²) >= 11 is 12.3.